The van der Waals surface area contributed by atoms with Gasteiger partial charge in [0.15, 0.2) is 5.78 Å². The number of carbonyl (C=O) groups excluding carboxylic acids is 2. The van der Waals surface area contributed by atoms with Gasteiger partial charge in [0.05, 0.1) is 12.3 Å². The van der Waals surface area contributed by atoms with Crippen LogP contribution in [0.4, 0.5) is 0 Å². The average molecular weight is 229 g/mol. The fraction of sp³-hybridized carbons (Fsp3) is 0.231. The third-order valence-corrected chi connectivity index (χ3v) is 3.05. The fourth-order valence-electron chi connectivity index (χ4n) is 2.13. The molecule has 3 rings (SSSR count). The zero-order valence-corrected chi connectivity index (χ0v) is 9.10. The Kier molecular flexibility index (Phi) is 2.21. The Hall–Kier alpha value is -2.10. The summed E-state index contributed by atoms with van der Waals surface area (Å²) in [6.45, 7) is 0.343. The van der Waals surface area contributed by atoms with Crippen molar-refractivity contribution in [2.45, 2.75) is 6.42 Å². The van der Waals surface area contributed by atoms with E-state index in [1.165, 1.54) is 0 Å². The van der Waals surface area contributed by atoms with Crippen LogP contribution in [0.5, 0.6) is 0 Å². The minimum Gasteiger partial charge on any atom is -0.465 e. The van der Waals surface area contributed by atoms with E-state index in [1.807, 2.05) is 24.3 Å². The summed E-state index contributed by atoms with van der Waals surface area (Å²) in [5.41, 5.74) is 1.39. The van der Waals surface area contributed by atoms with E-state index in [2.05, 4.69) is 4.98 Å². The number of hydrogen-bond acceptors (Lipinski definition) is 3. The smallest absolute Gasteiger partial charge is 0.317 e. The second kappa shape index (κ2) is 3.73. The number of H-pyrrole nitrogens is 1. The molecule has 86 valence electrons. The molecule has 1 fully saturated rings. The van der Waals surface area contributed by atoms with Crippen molar-refractivity contribution >= 4 is 22.7 Å². The molecule has 0 bridgehead atoms. The first-order chi connectivity index (χ1) is 8.25. The number of carbonyl (C=O) groups is 2. The first-order valence-electron chi connectivity index (χ1n) is 5.54. The monoisotopic (exact) mass is 229 g/mol. The molecule has 1 unspecified atom stereocenters. The first kappa shape index (κ1) is 10.1. The highest BCUT2D eigenvalue weighted by Crippen LogP contribution is 2.22. The van der Waals surface area contributed by atoms with Crippen LogP contribution in [0.15, 0.2) is 30.3 Å². The van der Waals surface area contributed by atoms with Gasteiger partial charge in [-0.1, -0.05) is 18.2 Å². The lowest BCUT2D eigenvalue weighted by Crippen LogP contribution is -2.19. The normalized spacial score (nSPS) is 19.5. The molecule has 1 aromatic heterocycles. The molecule has 0 amide bonds. The predicted octanol–water partition coefficient (Wildman–Crippen LogP) is 1.91. The van der Waals surface area contributed by atoms with Crippen molar-refractivity contribution in [3.8, 4) is 0 Å². The standard InChI is InChI=1S/C13H11NO3/c15-12(9-5-6-17-13(9)16)11-7-8-3-1-2-4-10(8)14-11/h1-4,7,9,14H,5-6H2. The van der Waals surface area contributed by atoms with Gasteiger partial charge in [-0.05, 0) is 12.1 Å². The number of para-hydroxylation sites is 1. The summed E-state index contributed by atoms with van der Waals surface area (Å²) in [5, 5.41) is 0.974. The molecule has 1 saturated heterocycles. The van der Waals surface area contributed by atoms with E-state index in [1.54, 1.807) is 6.07 Å². The number of hydrogen-bond donors (Lipinski definition) is 1. The lowest BCUT2D eigenvalue weighted by molar-refractivity contribution is -0.140. The zero-order valence-electron chi connectivity index (χ0n) is 9.10. The summed E-state index contributed by atoms with van der Waals surface area (Å²) in [4.78, 5) is 26.5. The van der Waals surface area contributed by atoms with Crippen LogP contribution in [-0.4, -0.2) is 23.3 Å². The van der Waals surface area contributed by atoms with E-state index in [0.29, 0.717) is 18.7 Å². The van der Waals surface area contributed by atoms with Crippen LogP contribution in [0.2, 0.25) is 0 Å². The summed E-state index contributed by atoms with van der Waals surface area (Å²) in [7, 11) is 0. The Morgan fingerprint density at radius 1 is 1.35 bits per heavy atom. The summed E-state index contributed by atoms with van der Waals surface area (Å²) >= 11 is 0. The van der Waals surface area contributed by atoms with Crippen molar-refractivity contribution in [3.63, 3.8) is 0 Å². The largest absolute Gasteiger partial charge is 0.465 e. The molecule has 1 aliphatic rings. The number of ketones is 1. The lowest BCUT2D eigenvalue weighted by atomic mass is 10.0. The van der Waals surface area contributed by atoms with Gasteiger partial charge in [-0.15, -0.1) is 0 Å². The molecule has 1 aliphatic heterocycles. The molecule has 0 radical (unpaired) electrons. The number of aromatic nitrogens is 1. The molecule has 0 spiro atoms. The molecule has 4 heteroatoms. The van der Waals surface area contributed by atoms with Gasteiger partial charge >= 0.3 is 5.97 Å². The van der Waals surface area contributed by atoms with Crippen LogP contribution in [0.25, 0.3) is 10.9 Å². The van der Waals surface area contributed by atoms with E-state index < -0.39 is 11.9 Å². The molecule has 1 aromatic carbocycles. The van der Waals surface area contributed by atoms with E-state index in [4.69, 9.17) is 4.74 Å². The number of aromatic amines is 1. The number of benzene rings is 1. The third-order valence-electron chi connectivity index (χ3n) is 3.05. The topological polar surface area (TPSA) is 59.2 Å². The van der Waals surface area contributed by atoms with E-state index in [9.17, 15) is 9.59 Å². The number of ether oxygens (including phenoxy) is 1. The minimum absolute atomic E-state index is 0.177. The number of cyclic esters (lactones) is 1. The van der Waals surface area contributed by atoms with Crippen LogP contribution in [0.1, 0.15) is 16.9 Å². The van der Waals surface area contributed by atoms with Gasteiger partial charge in [-0.25, -0.2) is 0 Å². The Morgan fingerprint density at radius 3 is 2.88 bits per heavy atom. The summed E-state index contributed by atoms with van der Waals surface area (Å²) in [5.74, 6) is -1.22. The molecule has 2 heterocycles. The molecule has 1 N–H and O–H groups in total. The van der Waals surface area contributed by atoms with E-state index in [0.717, 1.165) is 10.9 Å². The Balaban J connectivity index is 1.98. The molecule has 2 aromatic rings. The van der Waals surface area contributed by atoms with Crippen molar-refractivity contribution in [2.75, 3.05) is 6.61 Å². The second-order valence-electron chi connectivity index (χ2n) is 4.14. The molecular weight excluding hydrogens is 218 g/mol. The fourth-order valence-corrected chi connectivity index (χ4v) is 2.13. The van der Waals surface area contributed by atoms with Crippen molar-refractivity contribution in [2.24, 2.45) is 5.92 Å². The average Bonchev–Trinajstić information content (AvgIpc) is 2.93. The van der Waals surface area contributed by atoms with E-state index >= 15 is 0 Å². The van der Waals surface area contributed by atoms with Gasteiger partial charge in [-0.2, -0.15) is 0 Å². The second-order valence-corrected chi connectivity index (χ2v) is 4.14. The van der Waals surface area contributed by atoms with Gasteiger partial charge in [0.1, 0.15) is 5.92 Å². The van der Waals surface area contributed by atoms with E-state index in [-0.39, 0.29) is 5.78 Å². The Morgan fingerprint density at radius 2 is 2.18 bits per heavy atom. The lowest BCUT2D eigenvalue weighted by Gasteiger charge is -2.01. The maximum absolute atomic E-state index is 12.1. The Labute approximate surface area is 97.6 Å². The number of Topliss-reactive ketones (excluding diaryl/α,β-unsaturated/α-hetero) is 1. The van der Waals surface area contributed by atoms with Crippen molar-refractivity contribution < 1.29 is 14.3 Å². The van der Waals surface area contributed by atoms with Crippen LogP contribution < -0.4 is 0 Å². The number of rotatable bonds is 2. The SMILES string of the molecule is O=C1OCCC1C(=O)c1cc2ccccc2[nH]1. The maximum atomic E-state index is 12.1. The van der Waals surface area contributed by atoms with Crippen LogP contribution in [0, 0.1) is 5.92 Å². The van der Waals surface area contributed by atoms with Gasteiger partial charge < -0.3 is 9.72 Å². The molecule has 17 heavy (non-hydrogen) atoms. The molecule has 0 saturated carbocycles. The number of nitrogens with one attached hydrogen (secondary N) is 1. The number of fused-ring (bicyclic) bond motifs is 1. The van der Waals surface area contributed by atoms with Crippen molar-refractivity contribution in [1.82, 2.24) is 4.98 Å². The quantitative estimate of drug-likeness (QED) is 0.486. The van der Waals surface area contributed by atoms with Gasteiger partial charge in [-0.3, -0.25) is 9.59 Å². The Bertz CT molecular complexity index is 566. The highest BCUT2D eigenvalue weighted by molar-refractivity contribution is 6.10. The highest BCUT2D eigenvalue weighted by Gasteiger charge is 2.34. The highest BCUT2D eigenvalue weighted by atomic mass is 16.5. The maximum Gasteiger partial charge on any atom is 0.317 e. The zero-order chi connectivity index (χ0) is 11.8. The van der Waals surface area contributed by atoms with Crippen LogP contribution in [0.3, 0.4) is 0 Å². The molecule has 1 atom stereocenters. The number of esters is 1. The third kappa shape index (κ3) is 1.62. The van der Waals surface area contributed by atoms with Crippen molar-refractivity contribution in [1.29, 1.82) is 0 Å². The molecular formula is C13H11NO3. The van der Waals surface area contributed by atoms with Crippen LogP contribution in [-0.2, 0) is 9.53 Å². The van der Waals surface area contributed by atoms with Crippen molar-refractivity contribution in [3.05, 3.63) is 36.0 Å². The minimum atomic E-state index is -0.636. The first-order valence-corrected chi connectivity index (χ1v) is 5.54. The van der Waals surface area contributed by atoms with Crippen LogP contribution >= 0.6 is 0 Å². The van der Waals surface area contributed by atoms with Gasteiger partial charge in [0, 0.05) is 17.3 Å². The van der Waals surface area contributed by atoms with Gasteiger partial charge in [0.2, 0.25) is 0 Å². The summed E-state index contributed by atoms with van der Waals surface area (Å²) in [6, 6.07) is 9.42. The summed E-state index contributed by atoms with van der Waals surface area (Å²) in [6.07, 6.45) is 0.479. The summed E-state index contributed by atoms with van der Waals surface area (Å²) < 4.78 is 4.81. The molecule has 4 nitrogen and oxygen atoms in total. The predicted molar refractivity (Wildman–Crippen MR) is 61.7 cm³/mol. The van der Waals surface area contributed by atoms with Gasteiger partial charge in [0.25, 0.3) is 0 Å². The molecule has 0 aliphatic carbocycles.